The second-order valence-electron chi connectivity index (χ2n) is 41.9. The number of para-hydroxylation sites is 2. The molecule has 0 radical (unpaired) electrons. The first-order valence-corrected chi connectivity index (χ1v) is 43.2. The van der Waals surface area contributed by atoms with Crippen LogP contribution in [-0.4, -0.2) is 15.8 Å². The van der Waals surface area contributed by atoms with Gasteiger partial charge in [-0.15, -0.1) is 0 Å². The lowest BCUT2D eigenvalue weighted by molar-refractivity contribution is 0.589. The quantitative estimate of drug-likeness (QED) is 0.0856. The van der Waals surface area contributed by atoms with Crippen LogP contribution >= 0.6 is 0 Å². The third kappa shape index (κ3) is 12.1. The summed E-state index contributed by atoms with van der Waals surface area (Å²) in [4.78, 5) is 5.61. The van der Waals surface area contributed by atoms with Crippen molar-refractivity contribution in [3.8, 4) is 55.9 Å². The summed E-state index contributed by atoms with van der Waals surface area (Å²) in [6, 6.07) is 111. The minimum absolute atomic E-state index is 0.0699. The van der Waals surface area contributed by atoms with Crippen LogP contribution in [0.4, 0.5) is 34.1 Å². The van der Waals surface area contributed by atoms with E-state index < -0.39 is 0 Å². The molecule has 2 aliphatic rings. The van der Waals surface area contributed by atoms with Gasteiger partial charge in [0, 0.05) is 77.9 Å². The van der Waals surface area contributed by atoms with Crippen LogP contribution in [0.15, 0.2) is 279 Å². The normalized spacial score (nSPS) is 13.7. The van der Waals surface area contributed by atoms with Gasteiger partial charge in [0.1, 0.15) is 0 Å². The largest absolute Gasteiger partial charge is 0.310 e. The molecule has 0 saturated carbocycles. The lowest BCUT2D eigenvalue weighted by Gasteiger charge is -2.47. The molecule has 5 heteroatoms. The maximum atomic E-state index is 2.81. The highest BCUT2D eigenvalue weighted by Crippen LogP contribution is 2.57. The van der Waals surface area contributed by atoms with Crippen molar-refractivity contribution in [3.05, 3.63) is 318 Å². The summed E-state index contributed by atoms with van der Waals surface area (Å²) in [6.07, 6.45) is 0. The summed E-state index contributed by atoms with van der Waals surface area (Å²) < 4.78 is 5.16. The van der Waals surface area contributed by atoms with Crippen LogP contribution in [0.1, 0.15) is 184 Å². The van der Waals surface area contributed by atoms with Gasteiger partial charge in [-0.2, -0.15) is 0 Å². The van der Waals surface area contributed by atoms with E-state index in [1.54, 1.807) is 0 Å². The molecule has 0 spiro atoms. The van der Waals surface area contributed by atoms with E-state index in [1.165, 1.54) is 181 Å². The van der Waals surface area contributed by atoms with Gasteiger partial charge in [-0.25, -0.2) is 0 Å². The van der Waals surface area contributed by atoms with Crippen molar-refractivity contribution < 1.29 is 0 Å². The summed E-state index contributed by atoms with van der Waals surface area (Å²) >= 11 is 0. The van der Waals surface area contributed by atoms with Gasteiger partial charge < -0.3 is 18.9 Å². The Bertz CT molecular complexity index is 7030. The number of fused-ring (bicyclic) bond motifs is 8. The molecule has 0 bridgehead atoms. The first kappa shape index (κ1) is 75.8. The summed E-state index contributed by atoms with van der Waals surface area (Å²) in [5.74, 6) is 0. The van der Waals surface area contributed by atoms with Crippen LogP contribution in [-0.2, 0) is 37.9 Å². The van der Waals surface area contributed by atoms with Crippen molar-refractivity contribution in [2.24, 2.45) is 0 Å². The summed E-state index contributed by atoms with van der Waals surface area (Å²) in [6.45, 7) is 49.6. The fourth-order valence-corrected chi connectivity index (χ4v) is 19.9. The molecule has 0 fully saturated rings. The van der Waals surface area contributed by atoms with E-state index in [-0.39, 0.29) is 44.6 Å². The first-order valence-electron chi connectivity index (χ1n) is 43.2. The van der Waals surface area contributed by atoms with Gasteiger partial charge in [0.25, 0.3) is 6.71 Å². The second kappa shape index (κ2) is 26.3. The summed E-state index contributed by atoms with van der Waals surface area (Å²) in [5.41, 5.74) is 34.8. The van der Waals surface area contributed by atoms with E-state index in [9.17, 15) is 0 Å². The lowest BCUT2D eigenvalue weighted by atomic mass is 9.33. The Morgan fingerprint density at radius 3 is 0.933 bits per heavy atom. The molecule has 4 heterocycles. The van der Waals surface area contributed by atoms with Gasteiger partial charge >= 0.3 is 0 Å². The molecule has 119 heavy (non-hydrogen) atoms. The molecule has 0 atom stereocenters. The highest BCUT2D eigenvalue weighted by atomic mass is 15.2. The molecule has 0 saturated heterocycles. The van der Waals surface area contributed by atoms with Crippen molar-refractivity contribution in [1.82, 2.24) is 9.13 Å². The Kier molecular flexibility index (Phi) is 16.7. The monoisotopic (exact) mass is 1540 g/mol. The zero-order valence-corrected chi connectivity index (χ0v) is 73.4. The number of rotatable bonds is 8. The molecule has 0 unspecified atom stereocenters. The topological polar surface area (TPSA) is 16.3 Å². The number of hydrogen-bond donors (Lipinski definition) is 0. The molecule has 2 aliphatic heterocycles. The van der Waals surface area contributed by atoms with Gasteiger partial charge in [0.05, 0.1) is 33.4 Å². The van der Waals surface area contributed by atoms with Crippen LogP contribution in [0.25, 0.3) is 132 Å². The summed E-state index contributed by atoms with van der Waals surface area (Å²) in [5, 5.41) is 12.9. The fourth-order valence-electron chi connectivity index (χ4n) is 19.9. The van der Waals surface area contributed by atoms with Gasteiger partial charge in [-0.05, 0) is 233 Å². The van der Waals surface area contributed by atoms with E-state index >= 15 is 0 Å². The Morgan fingerprint density at radius 2 is 0.555 bits per heavy atom. The highest BCUT2D eigenvalue weighted by molar-refractivity contribution is 7.00. The third-order valence-electron chi connectivity index (χ3n) is 26.7. The van der Waals surface area contributed by atoms with Crippen molar-refractivity contribution in [2.75, 3.05) is 9.80 Å². The van der Waals surface area contributed by atoms with Crippen molar-refractivity contribution in [1.29, 1.82) is 0 Å². The molecular weight excluding hydrogens is 1440 g/mol. The van der Waals surface area contributed by atoms with Crippen molar-refractivity contribution in [2.45, 2.75) is 183 Å². The number of aromatic nitrogens is 2. The first-order chi connectivity index (χ1) is 56.4. The molecule has 0 amide bonds. The van der Waals surface area contributed by atoms with E-state index in [0.717, 1.165) is 39.8 Å². The predicted octanol–water partition coefficient (Wildman–Crippen LogP) is 30.0. The van der Waals surface area contributed by atoms with Crippen LogP contribution in [0, 0.1) is 0 Å². The predicted molar refractivity (Wildman–Crippen MR) is 517 cm³/mol. The minimum Gasteiger partial charge on any atom is -0.310 e. The fraction of sp³-hybridized carbons (Fsp3) is 0.246. The number of anilines is 6. The van der Waals surface area contributed by atoms with Crippen LogP contribution < -0.4 is 26.2 Å². The Hall–Kier alpha value is -11.9. The van der Waals surface area contributed by atoms with Gasteiger partial charge in [0.15, 0.2) is 0 Å². The molecule has 0 N–H and O–H groups in total. The highest BCUT2D eigenvalue weighted by Gasteiger charge is 2.47. The maximum absolute atomic E-state index is 2.81. The number of nitrogens with zero attached hydrogens (tertiary/aromatic N) is 4. The number of hydrogen-bond acceptors (Lipinski definition) is 2. The van der Waals surface area contributed by atoms with E-state index in [2.05, 4.69) is 443 Å². The van der Waals surface area contributed by atoms with Gasteiger partial charge in [-0.3, -0.25) is 0 Å². The van der Waals surface area contributed by atoms with Gasteiger partial charge in [0.2, 0.25) is 0 Å². The van der Waals surface area contributed by atoms with Gasteiger partial charge in [-0.1, -0.05) is 340 Å². The molecule has 16 aromatic carbocycles. The Morgan fingerprint density at radius 1 is 0.218 bits per heavy atom. The smallest absolute Gasteiger partial charge is 0.252 e. The minimum atomic E-state index is -0.374. The van der Waals surface area contributed by atoms with E-state index in [0.29, 0.717) is 0 Å². The second-order valence-corrected chi connectivity index (χ2v) is 41.9. The molecule has 0 aliphatic carbocycles. The summed E-state index contributed by atoms with van der Waals surface area (Å²) in [7, 11) is 0. The zero-order chi connectivity index (χ0) is 83.0. The van der Waals surface area contributed by atoms with E-state index in [4.69, 9.17) is 0 Å². The average molecular weight is 1550 g/mol. The molecule has 2 aromatic heterocycles. The molecule has 20 rings (SSSR count). The average Bonchev–Trinajstić information content (AvgIpc) is 1.38. The standard InChI is InChI=1S/C114H109BN4/c1-108(2,3)74-48-42-68(43-49-74)87-60-78(112(13,14)15)62-89(72-32-26-34-76(58-72)110(7,8)9)106(87)118-97-66-81(116-93-40-24-22-36-83(93)84-37-23-25-41-94(84)116)52-54-91(97)115-92-55-53-82(117-95-56-46-70-30-28-38-85-86-39-29-31-71-47-57-96(117)104(102(71)86)103(95)101(70)85)67-98(92)119(100-65-80(114(19,20)21)64-99(118)105(100)115)107-88(69-44-50-75(51-45-69)109(4,5)6)61-79(113(16,17)18)63-90(107)73-33-27-35-77(59-73)111(10,11)12/h22-67H,1-21H3. The van der Waals surface area contributed by atoms with Crippen LogP contribution in [0.3, 0.4) is 0 Å². The van der Waals surface area contributed by atoms with Crippen LogP contribution in [0.2, 0.25) is 0 Å². The molecule has 4 nitrogen and oxygen atoms in total. The lowest BCUT2D eigenvalue weighted by Crippen LogP contribution is -2.61. The zero-order valence-electron chi connectivity index (χ0n) is 73.4. The molecular formula is C114H109BN4. The molecule has 588 valence electrons. The molecule has 18 aromatic rings. The van der Waals surface area contributed by atoms with Crippen LogP contribution in [0.5, 0.6) is 0 Å². The van der Waals surface area contributed by atoms with Crippen molar-refractivity contribution >= 4 is 133 Å². The third-order valence-corrected chi connectivity index (χ3v) is 26.7. The Labute approximate surface area is 704 Å². The Balaban J connectivity index is 0.989. The number of benzene rings is 16. The van der Waals surface area contributed by atoms with E-state index in [1.807, 2.05) is 0 Å². The SMILES string of the molecule is CC(C)(C)c1ccc(-c2cc(C(C)(C)C)cc(-c3cccc(C(C)(C)C)c3)c2N2c3cc(-n4c5ccccc5c5ccccc54)ccc3B3c4ccc(-n5c6ccc7cccc8c9cccc%10ccc5c(c%109)c6c78)cc4N(c4c(-c5ccc(C(C)(C)C)cc5)cc(C(C)(C)C)cc4-c4cccc(C(C)(C)C)c4)c4cc(C(C)(C)C)cc2c43)cc1. The maximum Gasteiger partial charge on any atom is 0.252 e. The van der Waals surface area contributed by atoms with Crippen molar-refractivity contribution in [3.63, 3.8) is 0 Å².